The predicted octanol–water partition coefficient (Wildman–Crippen LogP) is 1.84. The summed E-state index contributed by atoms with van der Waals surface area (Å²) in [5.41, 5.74) is -5.41. The van der Waals surface area contributed by atoms with Gasteiger partial charge in [-0.15, -0.1) is 0 Å². The first-order valence-electron chi connectivity index (χ1n) is 14.2. The van der Waals surface area contributed by atoms with Crippen molar-refractivity contribution in [3.63, 3.8) is 0 Å². The van der Waals surface area contributed by atoms with Gasteiger partial charge in [0.25, 0.3) is 5.56 Å². The zero-order valence-electron chi connectivity index (χ0n) is 23.7. The number of aryl methyl sites for hydroxylation is 1. The Morgan fingerprint density at radius 1 is 0.822 bits per heavy atom. The Morgan fingerprint density at radius 3 is 2.20 bits per heavy atom. The number of rotatable bonds is 4. The number of nitrogens with one attached hydrogen (secondary N) is 2. The van der Waals surface area contributed by atoms with Crippen LogP contribution in [0.4, 0.5) is 11.4 Å². The monoisotopic (exact) mass is 600 g/mol. The van der Waals surface area contributed by atoms with Crippen LogP contribution in [0.5, 0.6) is 5.75 Å². The normalized spacial score (nSPS) is 17.4. The Bertz CT molecular complexity index is 2670. The van der Waals surface area contributed by atoms with Crippen molar-refractivity contribution in [3.05, 3.63) is 156 Å². The number of aromatic amines is 1. The summed E-state index contributed by atoms with van der Waals surface area (Å²) >= 11 is 0. The number of aliphatic hydroxyl groups is 2. The SMILES string of the molecule is C/C=C/C=C/c1cc2cc3c(c(O)c2c(=O)[nH]1)[C@@]1(CC3)C(O)=c2c(=O)c3c(=O)cc(Nc4ccccc4)c(=O)c=3c(=O)c2=C1O. The second-order valence-electron chi connectivity index (χ2n) is 11.2. The number of phenols is 1. The molecule has 5 N–H and O–H groups in total. The zero-order chi connectivity index (χ0) is 31.8. The second kappa shape index (κ2) is 9.75. The van der Waals surface area contributed by atoms with Crippen molar-refractivity contribution < 1.29 is 15.3 Å². The van der Waals surface area contributed by atoms with E-state index in [9.17, 15) is 39.3 Å². The van der Waals surface area contributed by atoms with Crippen LogP contribution in [0.1, 0.15) is 30.2 Å². The summed E-state index contributed by atoms with van der Waals surface area (Å²) in [6.07, 6.45) is 7.16. The van der Waals surface area contributed by atoms with Crippen LogP contribution in [0, 0.1) is 10.4 Å². The van der Waals surface area contributed by atoms with Gasteiger partial charge in [0, 0.05) is 23.0 Å². The number of hydrogen-bond donors (Lipinski definition) is 5. The number of aromatic hydroxyl groups is 1. The molecule has 0 amide bonds. The molecule has 10 heteroatoms. The number of aromatic nitrogens is 1. The molecular weight excluding hydrogens is 576 g/mol. The number of phenolic OH excluding ortho intramolecular Hbond substituents is 1. The molecule has 10 nitrogen and oxygen atoms in total. The van der Waals surface area contributed by atoms with Gasteiger partial charge in [0.15, 0.2) is 5.43 Å². The maximum Gasteiger partial charge on any atom is 0.260 e. The van der Waals surface area contributed by atoms with Gasteiger partial charge >= 0.3 is 0 Å². The van der Waals surface area contributed by atoms with Crippen molar-refractivity contribution in [1.82, 2.24) is 4.98 Å². The molecule has 222 valence electrons. The molecule has 3 aromatic rings. The largest absolute Gasteiger partial charge is 0.510 e. The molecule has 1 atom stereocenters. The second-order valence-corrected chi connectivity index (χ2v) is 11.2. The van der Waals surface area contributed by atoms with Gasteiger partial charge in [0.1, 0.15) is 22.7 Å². The van der Waals surface area contributed by atoms with Crippen LogP contribution < -0.4 is 43.0 Å². The van der Waals surface area contributed by atoms with E-state index in [-0.39, 0.29) is 29.5 Å². The lowest BCUT2D eigenvalue weighted by Crippen LogP contribution is -2.52. The highest BCUT2D eigenvalue weighted by Gasteiger charge is 2.53. The number of anilines is 2. The van der Waals surface area contributed by atoms with Crippen LogP contribution >= 0.6 is 0 Å². The van der Waals surface area contributed by atoms with Gasteiger partial charge in [-0.3, -0.25) is 24.0 Å². The molecule has 45 heavy (non-hydrogen) atoms. The van der Waals surface area contributed by atoms with Gasteiger partial charge in [-0.25, -0.2) is 0 Å². The first kappa shape index (κ1) is 27.8. The van der Waals surface area contributed by atoms with Crippen molar-refractivity contribution in [2.75, 3.05) is 5.32 Å². The molecule has 0 bridgehead atoms. The van der Waals surface area contributed by atoms with Crippen LogP contribution in [-0.4, -0.2) is 20.3 Å². The minimum atomic E-state index is -1.94. The highest BCUT2D eigenvalue weighted by atomic mass is 16.3. The van der Waals surface area contributed by atoms with Crippen LogP contribution in [0.15, 0.2) is 90.7 Å². The molecule has 0 radical (unpaired) electrons. The molecule has 1 heterocycles. The Hall–Kier alpha value is -6.03. The van der Waals surface area contributed by atoms with Gasteiger partial charge in [0.05, 0.1) is 31.9 Å². The van der Waals surface area contributed by atoms with E-state index in [2.05, 4.69) is 10.3 Å². The van der Waals surface area contributed by atoms with Gasteiger partial charge < -0.3 is 25.6 Å². The summed E-state index contributed by atoms with van der Waals surface area (Å²) in [5.74, 6) is -1.99. The van der Waals surface area contributed by atoms with Crippen LogP contribution in [0.2, 0.25) is 0 Å². The molecule has 0 unspecified atom stereocenters. The van der Waals surface area contributed by atoms with E-state index in [1.54, 1.807) is 60.7 Å². The summed E-state index contributed by atoms with van der Waals surface area (Å²) in [7, 11) is 0. The van der Waals surface area contributed by atoms with Crippen molar-refractivity contribution >= 4 is 39.7 Å². The highest BCUT2D eigenvalue weighted by Crippen LogP contribution is 2.54. The van der Waals surface area contributed by atoms with Gasteiger partial charge in [-0.2, -0.15) is 0 Å². The van der Waals surface area contributed by atoms with Gasteiger partial charge in [-0.1, -0.05) is 42.5 Å². The Balaban J connectivity index is 1.53. The lowest BCUT2D eigenvalue weighted by molar-refractivity contribution is 0.362. The molecule has 2 aromatic carbocycles. The average Bonchev–Trinajstić information content (AvgIpc) is 3.50. The smallest absolute Gasteiger partial charge is 0.260 e. The Labute approximate surface area is 251 Å². The quantitative estimate of drug-likeness (QED) is 0.193. The molecule has 0 saturated carbocycles. The maximum absolute atomic E-state index is 13.9. The standard InChI is InChI=1S/C35H24N2O8/c1-2-3-5-10-19-14-17-13-16-11-12-35(27(16)31(42)22(17)34(45)37-19)32(43)25-26(33(35)44)30(41)24-23(29(25)40)21(38)15-20(28(24)39)36-18-8-6-4-7-9-18/h2-10,13-15,36,42-44H,11-12H2,1H3,(H,37,45)/b3-2+,10-5+/t35-/m0/s1. The third-order valence-corrected chi connectivity index (χ3v) is 8.72. The lowest BCUT2D eigenvalue weighted by atomic mass is 9.78. The lowest BCUT2D eigenvalue weighted by Gasteiger charge is -2.27. The molecule has 0 fully saturated rings. The fraction of sp³-hybridized carbons (Fsp3) is 0.114. The van der Waals surface area contributed by atoms with E-state index in [1.165, 1.54) is 0 Å². The fourth-order valence-electron chi connectivity index (χ4n) is 6.77. The number of benzene rings is 2. The molecule has 4 aliphatic rings. The van der Waals surface area contributed by atoms with E-state index in [1.807, 2.05) is 13.0 Å². The van der Waals surface area contributed by atoms with Gasteiger partial charge in [0.2, 0.25) is 16.3 Å². The minimum absolute atomic E-state index is 0.0251. The van der Waals surface area contributed by atoms with Crippen molar-refractivity contribution in [2.24, 2.45) is 0 Å². The van der Waals surface area contributed by atoms with Crippen molar-refractivity contribution in [3.8, 4) is 5.75 Å². The van der Waals surface area contributed by atoms with E-state index >= 15 is 0 Å². The topological polar surface area (TPSA) is 174 Å². The van der Waals surface area contributed by atoms with Crippen LogP contribution in [-0.2, 0) is 11.8 Å². The van der Waals surface area contributed by atoms with Crippen LogP contribution in [0.3, 0.4) is 0 Å². The predicted molar refractivity (Wildman–Crippen MR) is 170 cm³/mol. The Morgan fingerprint density at radius 2 is 1.51 bits per heavy atom. The highest BCUT2D eigenvalue weighted by molar-refractivity contribution is 5.94. The number of para-hydroxylation sites is 1. The average molecular weight is 601 g/mol. The molecular formula is C35H24N2O8. The van der Waals surface area contributed by atoms with E-state index in [4.69, 9.17) is 0 Å². The minimum Gasteiger partial charge on any atom is -0.510 e. The molecule has 4 aliphatic carbocycles. The molecule has 1 spiro atoms. The van der Waals surface area contributed by atoms with Crippen LogP contribution in [0.25, 0.3) is 28.4 Å². The number of allylic oxidation sites excluding steroid dienone is 3. The first-order valence-corrected chi connectivity index (χ1v) is 14.2. The number of H-pyrrole nitrogens is 1. The van der Waals surface area contributed by atoms with E-state index < -0.39 is 70.8 Å². The summed E-state index contributed by atoms with van der Waals surface area (Å²) in [6, 6.07) is 12.7. The van der Waals surface area contributed by atoms with Crippen molar-refractivity contribution in [2.45, 2.75) is 25.2 Å². The number of aliphatic hydroxyl groups excluding tert-OH is 2. The molecule has 0 saturated heterocycles. The number of pyridine rings is 1. The maximum atomic E-state index is 13.9. The summed E-state index contributed by atoms with van der Waals surface area (Å²) < 4.78 is 0. The Kier molecular flexibility index (Phi) is 6.02. The first-order chi connectivity index (χ1) is 21.6. The van der Waals surface area contributed by atoms with E-state index in [0.29, 0.717) is 22.3 Å². The summed E-state index contributed by atoms with van der Waals surface area (Å²) in [4.78, 5) is 70.3. The summed E-state index contributed by atoms with van der Waals surface area (Å²) in [6.45, 7) is 1.85. The number of hydrogen-bond acceptors (Lipinski definition) is 9. The number of fused-ring (bicyclic) bond motifs is 4. The molecule has 0 aliphatic heterocycles. The van der Waals surface area contributed by atoms with Gasteiger partial charge in [-0.05, 0) is 55.0 Å². The third kappa shape index (κ3) is 3.72. The third-order valence-electron chi connectivity index (χ3n) is 8.72. The molecule has 7 rings (SSSR count). The zero-order valence-corrected chi connectivity index (χ0v) is 23.7. The molecule has 1 aromatic heterocycles. The fourth-order valence-corrected chi connectivity index (χ4v) is 6.77. The summed E-state index contributed by atoms with van der Waals surface area (Å²) in [5, 5.41) is 35.4. The van der Waals surface area contributed by atoms with E-state index in [0.717, 1.165) is 6.07 Å². The van der Waals surface area contributed by atoms with Crippen molar-refractivity contribution in [1.29, 1.82) is 0 Å².